The monoisotopic (exact) mass is 1180 g/mol. The smallest absolute Gasteiger partial charge is 0.399 e. The van der Waals surface area contributed by atoms with Crippen LogP contribution in [0.1, 0.15) is 61.1 Å². The van der Waals surface area contributed by atoms with Gasteiger partial charge in [0.05, 0.1) is 11.2 Å². The van der Waals surface area contributed by atoms with E-state index in [4.69, 9.17) is 19.3 Å². The van der Waals surface area contributed by atoms with Crippen LogP contribution in [0, 0.1) is 41.5 Å². The Morgan fingerprint density at radius 3 is 0.852 bits per heavy atom. The van der Waals surface area contributed by atoms with Crippen molar-refractivity contribution in [1.29, 1.82) is 0 Å². The Morgan fingerprint density at radius 1 is 0.309 bits per heavy atom. The lowest BCUT2D eigenvalue weighted by atomic mass is 9.79. The molecule has 0 atom stereocenters. The molecule has 81 heavy (non-hydrogen) atoms. The minimum Gasteiger partial charge on any atom is -0.399 e. The highest BCUT2D eigenvalue weighted by Gasteiger charge is 2.52. The molecule has 1 fully saturated rings. The number of pyridine rings is 3. The molecule has 9 aromatic carbocycles. The number of aromatic nitrogens is 3. The zero-order valence-electron chi connectivity index (χ0n) is 47.6. The molecule has 0 spiro atoms. The Morgan fingerprint density at radius 2 is 0.556 bits per heavy atom. The number of fused-ring (bicyclic) bond motifs is 4. The highest BCUT2D eigenvalue weighted by Crippen LogP contribution is 2.46. The van der Waals surface area contributed by atoms with E-state index < -0.39 is 0 Å². The topological polar surface area (TPSA) is 57.1 Å². The molecule has 1 saturated heterocycles. The number of halogens is 2. The largest absolute Gasteiger partial charge is 0.496 e. The Labute approximate surface area is 493 Å². The number of aryl methyl sites for hydroxylation is 6. The Hall–Kier alpha value is -7.59. The molecule has 0 N–H and O–H groups in total. The maximum atomic E-state index is 6.14. The second-order valence-electron chi connectivity index (χ2n) is 22.4. The Kier molecular flexibility index (Phi) is 15.5. The van der Waals surface area contributed by atoms with Crippen molar-refractivity contribution < 1.29 is 9.31 Å². The van der Waals surface area contributed by atoms with E-state index in [1.807, 2.05) is 37.2 Å². The van der Waals surface area contributed by atoms with Crippen molar-refractivity contribution in [2.75, 3.05) is 0 Å². The van der Waals surface area contributed by atoms with Crippen LogP contribution < -0.4 is 5.46 Å². The third kappa shape index (κ3) is 10.7. The van der Waals surface area contributed by atoms with Gasteiger partial charge in [0.25, 0.3) is 0 Å². The van der Waals surface area contributed by atoms with Crippen LogP contribution in [0.15, 0.2) is 216 Å². The molecule has 0 unspecified atom stereocenters. The molecule has 1 aliphatic rings. The summed E-state index contributed by atoms with van der Waals surface area (Å²) in [5, 5.41) is 9.82. The average molecular weight is 1190 g/mol. The van der Waals surface area contributed by atoms with Crippen molar-refractivity contribution in [3.63, 3.8) is 0 Å². The van der Waals surface area contributed by atoms with Gasteiger partial charge in [-0.3, -0.25) is 15.0 Å². The molecule has 13 rings (SSSR count). The van der Waals surface area contributed by atoms with Gasteiger partial charge in [0.15, 0.2) is 0 Å². The zero-order valence-corrected chi connectivity index (χ0v) is 50.8. The number of benzene rings is 9. The van der Waals surface area contributed by atoms with Gasteiger partial charge in [0, 0.05) is 79.4 Å². The summed E-state index contributed by atoms with van der Waals surface area (Å²) < 4.78 is 14.6. The summed E-state index contributed by atoms with van der Waals surface area (Å²) in [7, 11) is -0.378. The Balaban J connectivity index is 0.000000147. The van der Waals surface area contributed by atoms with E-state index in [-0.39, 0.29) is 18.3 Å². The normalized spacial score (nSPS) is 13.5. The van der Waals surface area contributed by atoms with Crippen LogP contribution in [0.25, 0.3) is 98.7 Å². The first-order valence-electron chi connectivity index (χ1n) is 27.6. The number of nitrogens with zero attached hydrogens (tertiary/aromatic N) is 3. The average Bonchev–Trinajstić information content (AvgIpc) is 3.91. The van der Waals surface area contributed by atoms with Crippen LogP contribution in [-0.2, 0) is 9.31 Å². The van der Waals surface area contributed by atoms with Crippen LogP contribution in [0.4, 0.5) is 0 Å². The van der Waals surface area contributed by atoms with Gasteiger partial charge in [-0.05, 0) is 218 Å². The van der Waals surface area contributed by atoms with Crippen molar-refractivity contribution >= 4 is 87.5 Å². The summed E-state index contributed by atoms with van der Waals surface area (Å²) in [5.41, 5.74) is 19.6. The molecular formula is C73H64BBr2N3O2. The summed E-state index contributed by atoms with van der Waals surface area (Å²) in [6.07, 6.45) is 11.7. The van der Waals surface area contributed by atoms with Gasteiger partial charge in [0.2, 0.25) is 0 Å². The van der Waals surface area contributed by atoms with Crippen molar-refractivity contribution in [3.8, 4) is 55.6 Å². The number of hydrogen-bond donors (Lipinski definition) is 0. The second-order valence-corrected chi connectivity index (χ2v) is 24.0. The van der Waals surface area contributed by atoms with Gasteiger partial charge in [-0.25, -0.2) is 0 Å². The summed E-state index contributed by atoms with van der Waals surface area (Å²) >= 11 is 7.39. The summed E-state index contributed by atoms with van der Waals surface area (Å²) in [4.78, 5) is 14.0. The van der Waals surface area contributed by atoms with E-state index in [9.17, 15) is 0 Å². The van der Waals surface area contributed by atoms with Crippen LogP contribution in [0.2, 0.25) is 0 Å². The summed E-state index contributed by atoms with van der Waals surface area (Å²) in [6.45, 7) is 21.2. The first-order chi connectivity index (χ1) is 39.0. The minimum atomic E-state index is -0.378. The quantitative estimate of drug-likeness (QED) is 0.123. The van der Waals surface area contributed by atoms with E-state index >= 15 is 0 Å². The maximum Gasteiger partial charge on any atom is 0.496 e. The van der Waals surface area contributed by atoms with Crippen LogP contribution in [-0.4, -0.2) is 33.3 Å². The molecule has 1 aliphatic heterocycles. The third-order valence-corrected chi connectivity index (χ3v) is 18.1. The predicted octanol–water partition coefficient (Wildman–Crippen LogP) is 19.9. The van der Waals surface area contributed by atoms with E-state index in [0.717, 1.165) is 33.3 Å². The molecule has 400 valence electrons. The molecular weight excluding hydrogens is 1120 g/mol. The lowest BCUT2D eigenvalue weighted by Crippen LogP contribution is -2.41. The zero-order chi connectivity index (χ0) is 56.7. The molecule has 0 aliphatic carbocycles. The fourth-order valence-corrected chi connectivity index (χ4v) is 13.1. The SMILES string of the molecule is Brc1c2ccccc2c(Br)c2ccccc12.Cc1cccc(C)c1-c1cncc(-c2c3ccccc3c(-c3cncc(-c4c(C)cccc4C)c3)c3ccccc23)c1.Cc1cccc(C)c1-c1cncc(B2OC(C)(C)C(C)(C)O2)c1. The van der Waals surface area contributed by atoms with Crippen LogP contribution >= 0.6 is 31.9 Å². The second kappa shape index (κ2) is 22.7. The van der Waals surface area contributed by atoms with Gasteiger partial charge in [-0.2, -0.15) is 0 Å². The summed E-state index contributed by atoms with van der Waals surface area (Å²) in [5.74, 6) is 0. The molecule has 0 saturated carbocycles. The van der Waals surface area contributed by atoms with Gasteiger partial charge >= 0.3 is 7.12 Å². The molecule has 0 radical (unpaired) electrons. The molecule has 5 nitrogen and oxygen atoms in total. The number of hydrogen-bond acceptors (Lipinski definition) is 5. The number of rotatable bonds is 6. The van der Waals surface area contributed by atoms with E-state index in [1.54, 1.807) is 0 Å². The Bertz CT molecular complexity index is 3980. The molecule has 8 heteroatoms. The van der Waals surface area contributed by atoms with Gasteiger partial charge in [0.1, 0.15) is 0 Å². The molecule has 0 amide bonds. The van der Waals surface area contributed by atoms with Crippen LogP contribution in [0.5, 0.6) is 0 Å². The van der Waals surface area contributed by atoms with Gasteiger partial charge < -0.3 is 9.31 Å². The van der Waals surface area contributed by atoms with Crippen molar-refractivity contribution in [1.82, 2.24) is 15.0 Å². The maximum absolute atomic E-state index is 6.14. The van der Waals surface area contributed by atoms with Crippen molar-refractivity contribution in [2.24, 2.45) is 0 Å². The molecule has 12 aromatic rings. The predicted molar refractivity (Wildman–Crippen MR) is 349 cm³/mol. The highest BCUT2D eigenvalue weighted by atomic mass is 79.9. The fourth-order valence-electron chi connectivity index (χ4n) is 11.7. The van der Waals surface area contributed by atoms with Gasteiger partial charge in [-0.15, -0.1) is 0 Å². The van der Waals surface area contributed by atoms with E-state index in [0.29, 0.717) is 0 Å². The molecule has 4 heterocycles. The van der Waals surface area contributed by atoms with Gasteiger partial charge in [-0.1, -0.05) is 158 Å². The fraction of sp³-hybridized carbons (Fsp3) is 0.164. The van der Waals surface area contributed by atoms with Crippen molar-refractivity contribution in [2.45, 2.75) is 80.4 Å². The molecule has 0 bridgehead atoms. The van der Waals surface area contributed by atoms with Crippen LogP contribution in [0.3, 0.4) is 0 Å². The van der Waals surface area contributed by atoms with Crippen molar-refractivity contribution in [3.05, 3.63) is 249 Å². The highest BCUT2D eigenvalue weighted by molar-refractivity contribution is 9.11. The summed E-state index contributed by atoms with van der Waals surface area (Å²) in [6, 6.07) is 60.4. The molecule has 3 aromatic heterocycles. The van der Waals surface area contributed by atoms with E-state index in [2.05, 4.69) is 276 Å². The third-order valence-electron chi connectivity index (χ3n) is 16.4. The lowest BCUT2D eigenvalue weighted by molar-refractivity contribution is 0.00578. The van der Waals surface area contributed by atoms with E-state index in [1.165, 1.54) is 113 Å². The lowest BCUT2D eigenvalue weighted by Gasteiger charge is -2.32. The first kappa shape index (κ1) is 55.3. The standard InChI is InChI=1S/C40H32N2.C19H24BNO2.C14H8Br2/c1-25-11-9-12-26(2)37(25)29-19-31(23-41-21-29)39-33-15-5-7-17-35(33)40(36-18-8-6-16-34(36)39)32-20-30(22-42-24-32)38-27(3)13-10-14-28(38)4;1-13-8-7-9-14(2)17(13)15-10-16(12-21-11-15)20-22-18(3,4)19(5,6)23-20;15-13-9-5-1-2-6-10(9)14(16)12-8-4-3-7-11(12)13/h5-24H,1-4H3;7-12H,1-6H3;1-8H. The minimum absolute atomic E-state index is 0.341. The first-order valence-corrected chi connectivity index (χ1v) is 29.2.